The van der Waals surface area contributed by atoms with Crippen molar-refractivity contribution in [1.29, 1.82) is 0 Å². The molecule has 0 heterocycles. The molecule has 1 atom stereocenters. The van der Waals surface area contributed by atoms with Gasteiger partial charge in [-0.25, -0.2) is 13.1 Å². The van der Waals surface area contributed by atoms with Gasteiger partial charge in [-0.3, -0.25) is 4.79 Å². The molecule has 0 bridgehead atoms. The molecule has 0 aliphatic rings. The van der Waals surface area contributed by atoms with E-state index in [4.69, 9.17) is 5.11 Å². The van der Waals surface area contributed by atoms with Crippen LogP contribution in [0.2, 0.25) is 0 Å². The van der Waals surface area contributed by atoms with Crippen molar-refractivity contribution in [3.63, 3.8) is 0 Å². The summed E-state index contributed by atoms with van der Waals surface area (Å²) in [5.74, 6) is -4.50. The number of carboxylic acid groups (broad SMARTS) is 1. The normalized spacial score (nSPS) is 15.3. The second-order valence-electron chi connectivity index (χ2n) is 4.82. The Labute approximate surface area is 109 Å². The topological polar surface area (TPSA) is 95.5 Å². The van der Waals surface area contributed by atoms with Crippen molar-refractivity contribution >= 4 is 16.0 Å². The molecule has 3 N–H and O–H groups in total. The molecule has 1 unspecified atom stereocenters. The fourth-order valence-electron chi connectivity index (χ4n) is 1.41. The van der Waals surface area contributed by atoms with Crippen LogP contribution in [0, 0.1) is 5.92 Å². The van der Waals surface area contributed by atoms with Crippen LogP contribution in [0.4, 0.5) is 13.2 Å². The highest BCUT2D eigenvalue weighted by Gasteiger charge is 2.44. The summed E-state index contributed by atoms with van der Waals surface area (Å²) in [6.45, 7) is 1.96. The Morgan fingerprint density at radius 3 is 2.11 bits per heavy atom. The molecule has 10 heteroatoms. The Balaban J connectivity index is 4.46. The monoisotopic (exact) mass is 306 g/mol. The van der Waals surface area contributed by atoms with Crippen molar-refractivity contribution in [3.8, 4) is 0 Å². The van der Waals surface area contributed by atoms with E-state index in [1.54, 1.807) is 0 Å². The summed E-state index contributed by atoms with van der Waals surface area (Å²) in [6.07, 6.45) is -3.93. The number of nitrogens with one attached hydrogen (secondary N) is 2. The lowest BCUT2D eigenvalue weighted by Gasteiger charge is -2.26. The lowest BCUT2D eigenvalue weighted by atomic mass is 10.1. The summed E-state index contributed by atoms with van der Waals surface area (Å²) in [6, 6.07) is 0. The predicted molar refractivity (Wildman–Crippen MR) is 62.1 cm³/mol. The van der Waals surface area contributed by atoms with Crippen molar-refractivity contribution in [2.24, 2.45) is 5.92 Å². The molecule has 0 saturated carbocycles. The van der Waals surface area contributed by atoms with Crippen molar-refractivity contribution in [1.82, 2.24) is 10.0 Å². The molecule has 0 rings (SSSR count). The van der Waals surface area contributed by atoms with Crippen LogP contribution >= 0.6 is 0 Å². The van der Waals surface area contributed by atoms with Crippen molar-refractivity contribution in [2.75, 3.05) is 19.3 Å². The average Bonchev–Trinajstić information content (AvgIpc) is 2.04. The fourth-order valence-corrected chi connectivity index (χ4v) is 2.49. The number of aliphatic carboxylic acids is 1. The second kappa shape index (κ2) is 6.06. The molecule has 0 aromatic heterocycles. The molecule has 0 saturated heterocycles. The van der Waals surface area contributed by atoms with Gasteiger partial charge in [0, 0.05) is 18.6 Å². The largest absolute Gasteiger partial charge is 0.481 e. The van der Waals surface area contributed by atoms with E-state index in [9.17, 15) is 26.4 Å². The molecule has 0 aliphatic carbocycles. The summed E-state index contributed by atoms with van der Waals surface area (Å²) in [7, 11) is -3.51. The van der Waals surface area contributed by atoms with Crippen molar-refractivity contribution < 1.29 is 31.5 Å². The van der Waals surface area contributed by atoms with E-state index in [1.807, 2.05) is 0 Å². The standard InChI is InChI=1S/C9H17F3N2O4S/c1-8(2,14-19(3,17)18)5-13-4-6(7(15)16)9(10,11)12/h6,13-14H,4-5H2,1-3H3,(H,15,16). The fraction of sp³-hybridized carbons (Fsp3) is 0.889. The first-order valence-electron chi connectivity index (χ1n) is 5.24. The highest BCUT2D eigenvalue weighted by molar-refractivity contribution is 7.88. The summed E-state index contributed by atoms with van der Waals surface area (Å²) in [5, 5.41) is 10.8. The number of hydrogen-bond acceptors (Lipinski definition) is 4. The number of hydrogen-bond donors (Lipinski definition) is 3. The van der Waals surface area contributed by atoms with Gasteiger partial charge < -0.3 is 10.4 Å². The first kappa shape index (κ1) is 18.1. The molecule has 0 spiro atoms. The summed E-state index contributed by atoms with van der Waals surface area (Å²) < 4.78 is 61.2. The van der Waals surface area contributed by atoms with E-state index < -0.39 is 40.2 Å². The second-order valence-corrected chi connectivity index (χ2v) is 6.57. The quantitative estimate of drug-likeness (QED) is 0.623. The highest BCUT2D eigenvalue weighted by Crippen LogP contribution is 2.25. The van der Waals surface area contributed by atoms with Gasteiger partial charge in [-0.15, -0.1) is 0 Å². The van der Waals surface area contributed by atoms with E-state index in [0.29, 0.717) is 0 Å². The highest BCUT2D eigenvalue weighted by atomic mass is 32.2. The van der Waals surface area contributed by atoms with Gasteiger partial charge in [0.05, 0.1) is 6.26 Å². The van der Waals surface area contributed by atoms with E-state index in [2.05, 4.69) is 10.0 Å². The molecule has 114 valence electrons. The third kappa shape index (κ3) is 8.01. The molecule has 0 fully saturated rings. The number of halogens is 3. The smallest absolute Gasteiger partial charge is 0.403 e. The van der Waals surface area contributed by atoms with Crippen LogP contribution in [0.5, 0.6) is 0 Å². The molecule has 0 aliphatic heterocycles. The van der Waals surface area contributed by atoms with Crippen molar-refractivity contribution in [3.05, 3.63) is 0 Å². The van der Waals surface area contributed by atoms with Crippen LogP contribution in [0.15, 0.2) is 0 Å². The Bertz CT molecular complexity index is 420. The first-order chi connectivity index (χ1) is 8.25. The number of rotatable bonds is 7. The molecular weight excluding hydrogens is 289 g/mol. The van der Waals surface area contributed by atoms with Gasteiger partial charge in [0.2, 0.25) is 10.0 Å². The number of carbonyl (C=O) groups is 1. The SMILES string of the molecule is CC(C)(CNCC(C(=O)O)C(F)(F)F)NS(C)(=O)=O. The van der Waals surface area contributed by atoms with Crippen LogP contribution in [0.25, 0.3) is 0 Å². The van der Waals surface area contributed by atoms with Gasteiger partial charge in [-0.2, -0.15) is 13.2 Å². The van der Waals surface area contributed by atoms with Gasteiger partial charge in [0.1, 0.15) is 0 Å². The van der Waals surface area contributed by atoms with E-state index in [1.165, 1.54) is 13.8 Å². The van der Waals surface area contributed by atoms with Gasteiger partial charge in [-0.1, -0.05) is 0 Å². The summed E-state index contributed by atoms with van der Waals surface area (Å²) in [5.41, 5.74) is -1.03. The van der Waals surface area contributed by atoms with Crippen LogP contribution in [0.3, 0.4) is 0 Å². The minimum atomic E-state index is -4.85. The maximum atomic E-state index is 12.3. The van der Waals surface area contributed by atoms with Crippen LogP contribution in [-0.2, 0) is 14.8 Å². The van der Waals surface area contributed by atoms with E-state index in [-0.39, 0.29) is 6.54 Å². The Hall–Kier alpha value is -0.870. The summed E-state index contributed by atoms with van der Waals surface area (Å²) in [4.78, 5) is 10.5. The Morgan fingerprint density at radius 1 is 1.32 bits per heavy atom. The van der Waals surface area contributed by atoms with Gasteiger partial charge >= 0.3 is 12.1 Å². The third-order valence-corrected chi connectivity index (χ3v) is 2.99. The third-order valence-electron chi connectivity index (χ3n) is 2.07. The number of alkyl halides is 3. The van der Waals surface area contributed by atoms with Gasteiger partial charge in [0.15, 0.2) is 5.92 Å². The van der Waals surface area contributed by atoms with Gasteiger partial charge in [0.25, 0.3) is 0 Å². The molecular formula is C9H17F3N2O4S. The zero-order valence-corrected chi connectivity index (χ0v) is 11.5. The first-order valence-corrected chi connectivity index (χ1v) is 7.13. The predicted octanol–water partition coefficient (Wildman–Crippen LogP) is 0.167. The van der Waals surface area contributed by atoms with Crippen LogP contribution in [-0.4, -0.2) is 50.6 Å². The van der Waals surface area contributed by atoms with Gasteiger partial charge in [-0.05, 0) is 13.8 Å². The zero-order valence-electron chi connectivity index (χ0n) is 10.7. The lowest BCUT2D eigenvalue weighted by molar-refractivity contribution is -0.192. The Morgan fingerprint density at radius 2 is 1.79 bits per heavy atom. The maximum Gasteiger partial charge on any atom is 0.403 e. The number of sulfonamides is 1. The Kier molecular flexibility index (Phi) is 5.78. The molecule has 0 aromatic carbocycles. The zero-order chi connectivity index (χ0) is 15.5. The molecule has 19 heavy (non-hydrogen) atoms. The van der Waals surface area contributed by atoms with E-state index in [0.717, 1.165) is 6.26 Å². The molecule has 0 aromatic rings. The molecule has 0 amide bonds. The van der Waals surface area contributed by atoms with Crippen molar-refractivity contribution in [2.45, 2.75) is 25.6 Å². The molecule has 6 nitrogen and oxygen atoms in total. The number of carboxylic acids is 1. The van der Waals surface area contributed by atoms with Crippen LogP contribution < -0.4 is 10.0 Å². The van der Waals surface area contributed by atoms with Crippen LogP contribution in [0.1, 0.15) is 13.8 Å². The minimum absolute atomic E-state index is 0.139. The average molecular weight is 306 g/mol. The maximum absolute atomic E-state index is 12.3. The minimum Gasteiger partial charge on any atom is -0.481 e. The van der Waals surface area contributed by atoms with E-state index >= 15 is 0 Å². The molecule has 0 radical (unpaired) electrons. The summed E-state index contributed by atoms with van der Waals surface area (Å²) >= 11 is 0. The lowest BCUT2D eigenvalue weighted by Crippen LogP contribution is -2.51.